The fourth-order valence-corrected chi connectivity index (χ4v) is 3.44. The average Bonchev–Trinajstić information content (AvgIpc) is 2.82. The van der Waals surface area contributed by atoms with Crippen LogP contribution >= 0.6 is 0 Å². The molecule has 0 aliphatic carbocycles. The average molecular weight is 428 g/mol. The SMILES string of the molecule is CNc1ccc(-c2cc3nccnc3c(NC[C@@H]3CN(C(=O)C(F)F)CCO3)n2)cc1. The van der Waals surface area contributed by atoms with E-state index in [-0.39, 0.29) is 26.2 Å². The molecule has 2 aromatic heterocycles. The summed E-state index contributed by atoms with van der Waals surface area (Å²) in [5.74, 6) is -0.658. The zero-order valence-electron chi connectivity index (χ0n) is 16.9. The number of morpholine rings is 1. The molecule has 0 unspecified atom stereocenters. The van der Waals surface area contributed by atoms with Crippen molar-refractivity contribution in [1.29, 1.82) is 0 Å². The number of nitrogens with one attached hydrogen (secondary N) is 2. The molecule has 1 atom stereocenters. The van der Waals surface area contributed by atoms with Gasteiger partial charge in [0.05, 0.1) is 23.9 Å². The Morgan fingerprint density at radius 3 is 2.77 bits per heavy atom. The lowest BCUT2D eigenvalue weighted by Crippen LogP contribution is -2.49. The number of rotatable bonds is 6. The molecular formula is C21H22F2N6O2. The lowest BCUT2D eigenvalue weighted by atomic mass is 10.1. The monoisotopic (exact) mass is 428 g/mol. The quantitative estimate of drug-likeness (QED) is 0.624. The third-order valence-corrected chi connectivity index (χ3v) is 5.06. The van der Waals surface area contributed by atoms with Gasteiger partial charge in [-0.25, -0.2) is 9.97 Å². The van der Waals surface area contributed by atoms with Gasteiger partial charge in [0.2, 0.25) is 0 Å². The Balaban J connectivity index is 1.56. The summed E-state index contributed by atoms with van der Waals surface area (Å²) in [6.45, 7) is 0.736. The maximum Gasteiger partial charge on any atom is 0.315 e. The molecule has 0 saturated carbocycles. The van der Waals surface area contributed by atoms with Crippen molar-refractivity contribution in [3.05, 3.63) is 42.7 Å². The van der Waals surface area contributed by atoms with E-state index >= 15 is 0 Å². The highest BCUT2D eigenvalue weighted by atomic mass is 19.3. The summed E-state index contributed by atoms with van der Waals surface area (Å²) in [5, 5.41) is 6.28. The molecule has 2 N–H and O–H groups in total. The molecule has 0 bridgehead atoms. The molecule has 1 saturated heterocycles. The minimum atomic E-state index is -3.02. The fourth-order valence-electron chi connectivity index (χ4n) is 3.44. The van der Waals surface area contributed by atoms with Crippen LogP contribution in [0, 0.1) is 0 Å². The Hall–Kier alpha value is -3.40. The van der Waals surface area contributed by atoms with Crippen molar-refractivity contribution in [2.24, 2.45) is 0 Å². The van der Waals surface area contributed by atoms with Gasteiger partial charge in [-0.15, -0.1) is 0 Å². The van der Waals surface area contributed by atoms with Crippen molar-refractivity contribution in [3.63, 3.8) is 0 Å². The van der Waals surface area contributed by atoms with Gasteiger partial charge in [0.15, 0.2) is 5.82 Å². The lowest BCUT2D eigenvalue weighted by Gasteiger charge is -2.32. The molecule has 3 aromatic rings. The van der Waals surface area contributed by atoms with Crippen molar-refractivity contribution in [1.82, 2.24) is 19.9 Å². The third kappa shape index (κ3) is 4.69. The summed E-state index contributed by atoms with van der Waals surface area (Å²) in [5.41, 5.74) is 3.88. The Morgan fingerprint density at radius 2 is 2.03 bits per heavy atom. The van der Waals surface area contributed by atoms with E-state index in [1.807, 2.05) is 37.4 Å². The van der Waals surface area contributed by atoms with Crippen molar-refractivity contribution >= 4 is 28.4 Å². The van der Waals surface area contributed by atoms with Crippen molar-refractivity contribution < 1.29 is 18.3 Å². The molecule has 1 amide bonds. The smallest absolute Gasteiger partial charge is 0.315 e. The van der Waals surface area contributed by atoms with Crippen LogP contribution in [0.25, 0.3) is 22.3 Å². The second kappa shape index (κ2) is 9.17. The van der Waals surface area contributed by atoms with Crippen LogP contribution in [0.3, 0.4) is 0 Å². The molecule has 10 heteroatoms. The molecule has 162 valence electrons. The van der Waals surface area contributed by atoms with E-state index in [4.69, 9.17) is 9.72 Å². The Kier molecular flexibility index (Phi) is 6.17. The molecule has 31 heavy (non-hydrogen) atoms. The van der Waals surface area contributed by atoms with E-state index in [1.54, 1.807) is 12.4 Å². The number of hydrogen-bond acceptors (Lipinski definition) is 7. The van der Waals surface area contributed by atoms with Gasteiger partial charge in [-0.2, -0.15) is 8.78 Å². The number of fused-ring (bicyclic) bond motifs is 1. The van der Waals surface area contributed by atoms with Gasteiger partial charge in [0, 0.05) is 50.3 Å². The first-order valence-electron chi connectivity index (χ1n) is 9.87. The van der Waals surface area contributed by atoms with Crippen LogP contribution in [0.2, 0.25) is 0 Å². The topological polar surface area (TPSA) is 92.3 Å². The Labute approximate surface area is 177 Å². The van der Waals surface area contributed by atoms with Crippen LogP contribution in [0.5, 0.6) is 0 Å². The largest absolute Gasteiger partial charge is 0.388 e. The maximum absolute atomic E-state index is 12.7. The summed E-state index contributed by atoms with van der Waals surface area (Å²) < 4.78 is 31.1. The first kappa shape index (κ1) is 20.9. The van der Waals surface area contributed by atoms with Gasteiger partial charge in [0.1, 0.15) is 5.52 Å². The number of carbonyl (C=O) groups is 1. The molecule has 1 aromatic carbocycles. The summed E-state index contributed by atoms with van der Waals surface area (Å²) in [6, 6.07) is 9.68. The molecule has 1 fully saturated rings. The molecule has 0 spiro atoms. The predicted molar refractivity (Wildman–Crippen MR) is 113 cm³/mol. The second-order valence-corrected chi connectivity index (χ2v) is 7.07. The molecular weight excluding hydrogens is 406 g/mol. The van der Waals surface area contributed by atoms with E-state index in [9.17, 15) is 13.6 Å². The number of alkyl halides is 2. The van der Waals surface area contributed by atoms with E-state index in [2.05, 4.69) is 20.6 Å². The highest BCUT2D eigenvalue weighted by Gasteiger charge is 2.29. The minimum Gasteiger partial charge on any atom is -0.388 e. The molecule has 3 heterocycles. The van der Waals surface area contributed by atoms with Crippen molar-refractivity contribution in [2.45, 2.75) is 12.5 Å². The number of ether oxygens (including phenoxy) is 1. The number of pyridine rings is 1. The number of aromatic nitrogens is 3. The van der Waals surface area contributed by atoms with E-state index in [0.29, 0.717) is 16.9 Å². The third-order valence-electron chi connectivity index (χ3n) is 5.06. The highest BCUT2D eigenvalue weighted by molar-refractivity contribution is 5.88. The molecule has 1 aliphatic rings. The van der Waals surface area contributed by atoms with Crippen LogP contribution in [-0.2, 0) is 9.53 Å². The van der Waals surface area contributed by atoms with Gasteiger partial charge in [0.25, 0.3) is 5.91 Å². The van der Waals surface area contributed by atoms with Gasteiger partial charge in [-0.1, -0.05) is 12.1 Å². The summed E-state index contributed by atoms with van der Waals surface area (Å²) in [6.07, 6.45) is -0.267. The number of amides is 1. The summed E-state index contributed by atoms with van der Waals surface area (Å²) >= 11 is 0. The van der Waals surface area contributed by atoms with Crippen LogP contribution in [0.1, 0.15) is 0 Å². The van der Waals surface area contributed by atoms with Crippen LogP contribution < -0.4 is 10.6 Å². The minimum absolute atomic E-state index is 0.0882. The number of nitrogens with zero attached hydrogens (tertiary/aromatic N) is 4. The molecule has 4 rings (SSSR count). The van der Waals surface area contributed by atoms with Gasteiger partial charge in [-0.05, 0) is 18.2 Å². The number of benzene rings is 1. The zero-order chi connectivity index (χ0) is 21.8. The second-order valence-electron chi connectivity index (χ2n) is 7.07. The summed E-state index contributed by atoms with van der Waals surface area (Å²) in [4.78, 5) is 26.2. The van der Waals surface area contributed by atoms with Gasteiger partial charge in [-0.3, -0.25) is 9.78 Å². The van der Waals surface area contributed by atoms with E-state index in [0.717, 1.165) is 21.8 Å². The number of carbonyl (C=O) groups excluding carboxylic acids is 1. The summed E-state index contributed by atoms with van der Waals surface area (Å²) in [7, 11) is 1.85. The van der Waals surface area contributed by atoms with Crippen LogP contribution in [0.4, 0.5) is 20.3 Å². The number of anilines is 2. The fraction of sp³-hybridized carbons (Fsp3) is 0.333. The lowest BCUT2D eigenvalue weighted by molar-refractivity contribution is -0.149. The van der Waals surface area contributed by atoms with Gasteiger partial charge >= 0.3 is 6.43 Å². The number of hydrogen-bond donors (Lipinski definition) is 2. The molecule has 0 radical (unpaired) electrons. The molecule has 8 nitrogen and oxygen atoms in total. The van der Waals surface area contributed by atoms with Crippen LogP contribution in [-0.4, -0.2) is 71.6 Å². The standard InChI is InChI=1S/C21H22F2N6O2/c1-24-14-4-2-13(3-5-14)16-10-17-18(26-7-6-25-17)20(28-16)27-11-15-12-29(8-9-31-15)21(30)19(22)23/h2-7,10,15,19,24H,8-9,11-12H2,1H3,(H,27,28)/t15-/m1/s1. The van der Waals surface area contributed by atoms with E-state index < -0.39 is 18.4 Å². The van der Waals surface area contributed by atoms with Gasteiger partial charge < -0.3 is 20.3 Å². The van der Waals surface area contributed by atoms with Crippen molar-refractivity contribution in [3.8, 4) is 11.3 Å². The van der Waals surface area contributed by atoms with Crippen molar-refractivity contribution in [2.75, 3.05) is 43.9 Å². The maximum atomic E-state index is 12.7. The predicted octanol–water partition coefficient (Wildman–Crippen LogP) is 2.64. The first-order chi connectivity index (χ1) is 15.0. The van der Waals surface area contributed by atoms with Crippen LogP contribution in [0.15, 0.2) is 42.7 Å². The highest BCUT2D eigenvalue weighted by Crippen LogP contribution is 2.26. The normalized spacial score (nSPS) is 16.5. The zero-order valence-corrected chi connectivity index (χ0v) is 16.9. The number of halogens is 2. The molecule has 1 aliphatic heterocycles. The van der Waals surface area contributed by atoms with E-state index in [1.165, 1.54) is 0 Å². The Bertz CT molecular complexity index is 1060. The Morgan fingerprint density at radius 1 is 1.26 bits per heavy atom. The first-order valence-corrected chi connectivity index (χ1v) is 9.87.